The second-order valence-electron chi connectivity index (χ2n) is 5.31. The normalized spacial score (nSPS) is 24.8. The number of likely N-dealkylation sites (tertiary alicyclic amines) is 1. The summed E-state index contributed by atoms with van der Waals surface area (Å²) < 4.78 is 15.9. The molecule has 0 radical (unpaired) electrons. The quantitative estimate of drug-likeness (QED) is 0.911. The van der Waals surface area contributed by atoms with Gasteiger partial charge < -0.3 is 24.1 Å². The molecule has 7 heteroatoms. The summed E-state index contributed by atoms with van der Waals surface area (Å²) in [5.74, 6) is 0.372. The van der Waals surface area contributed by atoms with E-state index in [0.717, 1.165) is 12.8 Å². The summed E-state index contributed by atoms with van der Waals surface area (Å²) >= 11 is 0. The minimum Gasteiger partial charge on any atom is -0.465 e. The Kier molecular flexibility index (Phi) is 3.48. The van der Waals surface area contributed by atoms with Gasteiger partial charge in [0.15, 0.2) is 5.76 Å². The van der Waals surface area contributed by atoms with E-state index in [2.05, 4.69) is 5.32 Å². The predicted molar refractivity (Wildman–Crippen MR) is 72.2 cm³/mol. The summed E-state index contributed by atoms with van der Waals surface area (Å²) in [5, 5.41) is 2.66. The molecule has 3 heterocycles. The number of amides is 2. The molecule has 21 heavy (non-hydrogen) atoms. The molecule has 1 spiro atoms. The molecule has 0 aromatic carbocycles. The average molecular weight is 294 g/mol. The van der Waals surface area contributed by atoms with Crippen LogP contribution in [0.5, 0.6) is 5.95 Å². The van der Waals surface area contributed by atoms with E-state index < -0.39 is 11.7 Å². The van der Waals surface area contributed by atoms with E-state index in [1.807, 2.05) is 6.92 Å². The zero-order chi connectivity index (χ0) is 14.9. The minimum absolute atomic E-state index is 0.206. The monoisotopic (exact) mass is 294 g/mol. The average Bonchev–Trinajstić information content (AvgIpc) is 3.06. The van der Waals surface area contributed by atoms with Crippen molar-refractivity contribution in [2.45, 2.75) is 25.4 Å². The van der Waals surface area contributed by atoms with Crippen molar-refractivity contribution in [3.63, 3.8) is 0 Å². The summed E-state index contributed by atoms with van der Waals surface area (Å²) in [6, 6.07) is 3.24. The van der Waals surface area contributed by atoms with Gasteiger partial charge in [0.25, 0.3) is 11.9 Å². The molecule has 2 saturated heterocycles. The van der Waals surface area contributed by atoms with Gasteiger partial charge in [-0.15, -0.1) is 0 Å². The highest BCUT2D eigenvalue weighted by Gasteiger charge is 2.45. The maximum atomic E-state index is 12.5. The van der Waals surface area contributed by atoms with Gasteiger partial charge in [0, 0.05) is 12.6 Å². The van der Waals surface area contributed by atoms with Gasteiger partial charge in [-0.1, -0.05) is 0 Å². The topological polar surface area (TPSA) is 81.0 Å². The van der Waals surface area contributed by atoms with Crippen LogP contribution in [0.15, 0.2) is 16.5 Å². The Balaban J connectivity index is 1.70. The maximum Gasteiger partial charge on any atom is 0.407 e. The van der Waals surface area contributed by atoms with Gasteiger partial charge in [-0.05, 0) is 25.8 Å². The highest BCUT2D eigenvalue weighted by molar-refractivity contribution is 5.91. The minimum atomic E-state index is -0.597. The first kappa shape index (κ1) is 13.8. The molecule has 1 N–H and O–H groups in total. The number of carbonyl (C=O) groups excluding carboxylic acids is 2. The number of nitrogens with zero attached hydrogens (tertiary/aromatic N) is 1. The molecule has 2 aliphatic rings. The van der Waals surface area contributed by atoms with Crippen molar-refractivity contribution < 1.29 is 23.5 Å². The number of piperidine rings is 1. The molecule has 2 fully saturated rings. The van der Waals surface area contributed by atoms with Crippen LogP contribution in [-0.4, -0.2) is 48.7 Å². The molecule has 2 amide bonds. The van der Waals surface area contributed by atoms with Crippen LogP contribution in [-0.2, 0) is 4.74 Å². The van der Waals surface area contributed by atoms with E-state index in [1.165, 1.54) is 0 Å². The number of carbonyl (C=O) groups is 2. The predicted octanol–water partition coefficient (Wildman–Crippen LogP) is 1.39. The third-order valence-electron chi connectivity index (χ3n) is 3.77. The maximum absolute atomic E-state index is 12.5. The third kappa shape index (κ3) is 2.68. The summed E-state index contributed by atoms with van der Waals surface area (Å²) in [6.45, 7) is 3.78. The Labute approximate surface area is 122 Å². The molecule has 7 nitrogen and oxygen atoms in total. The number of ether oxygens (including phenoxy) is 2. The fraction of sp³-hybridized carbons (Fsp3) is 0.571. The fourth-order valence-corrected chi connectivity index (χ4v) is 2.81. The van der Waals surface area contributed by atoms with Crippen LogP contribution < -0.4 is 10.1 Å². The Hall–Kier alpha value is -2.18. The molecule has 1 atom stereocenters. The highest BCUT2D eigenvalue weighted by atomic mass is 16.6. The molecule has 1 aromatic heterocycles. The molecule has 0 saturated carbocycles. The van der Waals surface area contributed by atoms with Crippen molar-refractivity contribution in [1.29, 1.82) is 0 Å². The molecular formula is C14H18N2O5. The fourth-order valence-electron chi connectivity index (χ4n) is 2.81. The summed E-state index contributed by atoms with van der Waals surface area (Å²) in [5.41, 5.74) is -0.597. The smallest absolute Gasteiger partial charge is 0.407 e. The van der Waals surface area contributed by atoms with Gasteiger partial charge in [-0.2, -0.15) is 0 Å². The van der Waals surface area contributed by atoms with Crippen LogP contribution in [0.4, 0.5) is 4.79 Å². The van der Waals surface area contributed by atoms with Gasteiger partial charge in [0.05, 0.1) is 19.7 Å². The van der Waals surface area contributed by atoms with E-state index in [9.17, 15) is 9.59 Å². The van der Waals surface area contributed by atoms with Gasteiger partial charge in [-0.25, -0.2) is 4.79 Å². The number of alkyl carbamates (subject to hydrolysis) is 1. The van der Waals surface area contributed by atoms with E-state index in [1.54, 1.807) is 17.0 Å². The number of hydrogen-bond donors (Lipinski definition) is 1. The van der Waals surface area contributed by atoms with Crippen LogP contribution in [0, 0.1) is 0 Å². The van der Waals surface area contributed by atoms with E-state index >= 15 is 0 Å². The second kappa shape index (κ2) is 5.31. The summed E-state index contributed by atoms with van der Waals surface area (Å²) in [4.78, 5) is 25.4. The number of rotatable bonds is 3. The van der Waals surface area contributed by atoms with Gasteiger partial charge >= 0.3 is 6.09 Å². The number of nitrogens with one attached hydrogen (secondary N) is 1. The Bertz CT molecular complexity index is 555. The summed E-state index contributed by atoms with van der Waals surface area (Å²) in [6.07, 6.45) is 1.14. The van der Waals surface area contributed by atoms with E-state index in [4.69, 9.17) is 13.9 Å². The van der Waals surface area contributed by atoms with Gasteiger partial charge in [0.1, 0.15) is 5.60 Å². The van der Waals surface area contributed by atoms with E-state index in [-0.39, 0.29) is 11.7 Å². The van der Waals surface area contributed by atoms with Crippen molar-refractivity contribution in [1.82, 2.24) is 10.2 Å². The van der Waals surface area contributed by atoms with E-state index in [0.29, 0.717) is 32.2 Å². The second-order valence-corrected chi connectivity index (χ2v) is 5.31. The molecule has 0 aliphatic carbocycles. The first-order valence-corrected chi connectivity index (χ1v) is 7.11. The lowest BCUT2D eigenvalue weighted by molar-refractivity contribution is -0.00616. The molecule has 3 rings (SSSR count). The first-order chi connectivity index (χ1) is 10.1. The molecule has 1 aromatic rings. The standard InChI is InChI=1S/C14H18N2O5/c1-2-19-11-5-4-10(20-11)12(17)16-7-3-6-14(9-16)8-15-13(18)21-14/h4-5H,2-3,6-9H2,1H3,(H,15,18). The van der Waals surface area contributed by atoms with Crippen molar-refractivity contribution in [2.75, 3.05) is 26.2 Å². The third-order valence-corrected chi connectivity index (χ3v) is 3.77. The Morgan fingerprint density at radius 1 is 1.52 bits per heavy atom. The van der Waals surface area contributed by atoms with Crippen molar-refractivity contribution in [3.8, 4) is 5.95 Å². The first-order valence-electron chi connectivity index (χ1n) is 7.11. The van der Waals surface area contributed by atoms with Crippen molar-refractivity contribution >= 4 is 12.0 Å². The SMILES string of the molecule is CCOc1ccc(C(=O)N2CCCC3(CNC(=O)O3)C2)o1. The molecule has 1 unspecified atom stereocenters. The lowest BCUT2D eigenvalue weighted by Crippen LogP contribution is -2.52. The van der Waals surface area contributed by atoms with Crippen molar-refractivity contribution in [3.05, 3.63) is 17.9 Å². The van der Waals surface area contributed by atoms with Crippen LogP contribution >= 0.6 is 0 Å². The largest absolute Gasteiger partial charge is 0.465 e. The molecule has 0 bridgehead atoms. The van der Waals surface area contributed by atoms with Crippen molar-refractivity contribution in [2.24, 2.45) is 0 Å². The number of furan rings is 1. The van der Waals surface area contributed by atoms with Crippen LogP contribution in [0.3, 0.4) is 0 Å². The van der Waals surface area contributed by atoms with Crippen LogP contribution in [0.2, 0.25) is 0 Å². The molecule has 2 aliphatic heterocycles. The van der Waals surface area contributed by atoms with Crippen LogP contribution in [0.1, 0.15) is 30.3 Å². The summed E-state index contributed by atoms with van der Waals surface area (Å²) in [7, 11) is 0. The Morgan fingerprint density at radius 2 is 2.38 bits per heavy atom. The number of hydrogen-bond acceptors (Lipinski definition) is 5. The zero-order valence-electron chi connectivity index (χ0n) is 11.9. The van der Waals surface area contributed by atoms with Gasteiger partial charge in [-0.3, -0.25) is 4.79 Å². The zero-order valence-corrected chi connectivity index (χ0v) is 11.9. The highest BCUT2D eigenvalue weighted by Crippen LogP contribution is 2.29. The van der Waals surface area contributed by atoms with Gasteiger partial charge in [0.2, 0.25) is 0 Å². The molecular weight excluding hydrogens is 276 g/mol. The molecule has 114 valence electrons. The lowest BCUT2D eigenvalue weighted by atomic mass is 9.93. The van der Waals surface area contributed by atoms with Crippen LogP contribution in [0.25, 0.3) is 0 Å². The lowest BCUT2D eigenvalue weighted by Gasteiger charge is -2.37. The Morgan fingerprint density at radius 3 is 3.10 bits per heavy atom.